The second-order valence-electron chi connectivity index (χ2n) is 25.4. The lowest BCUT2D eigenvalue weighted by Crippen LogP contribution is -2.45. The Balaban J connectivity index is 3.37. The van der Waals surface area contributed by atoms with E-state index in [1.54, 1.807) is 6.08 Å². The third kappa shape index (κ3) is 65.8. The van der Waals surface area contributed by atoms with Crippen LogP contribution < -0.4 is 5.32 Å². The molecule has 0 aromatic carbocycles. The number of aliphatic hydroxyl groups excluding tert-OH is 2. The standard InChI is InChI=1S/C73H145NO3/c1-3-5-7-9-11-13-15-17-19-21-23-25-27-29-31-33-34-35-36-37-38-39-40-41-43-45-47-49-51-53-55-57-59-61-63-65-67-69-73(77)74-71(70-75)72(76)68-66-64-62-60-58-56-54-52-50-48-46-44-42-32-30-28-26-24-22-20-18-16-14-12-10-8-6-4-2/h66,68,71-72,75-76H,3-65,67,69-70H2,1-2H3,(H,74,77)/b68-66+. The molecule has 0 rings (SSSR count). The van der Waals surface area contributed by atoms with E-state index in [2.05, 4.69) is 19.2 Å². The van der Waals surface area contributed by atoms with Crippen LogP contribution in [0.25, 0.3) is 0 Å². The number of carbonyl (C=O) groups is 1. The van der Waals surface area contributed by atoms with E-state index < -0.39 is 12.1 Å². The lowest BCUT2D eigenvalue weighted by atomic mass is 10.0. The summed E-state index contributed by atoms with van der Waals surface area (Å²) in [5.41, 5.74) is 0. The molecule has 4 nitrogen and oxygen atoms in total. The molecule has 0 aromatic rings. The van der Waals surface area contributed by atoms with Crippen LogP contribution in [-0.2, 0) is 4.79 Å². The molecular formula is C73H145NO3. The van der Waals surface area contributed by atoms with Crippen molar-refractivity contribution < 1.29 is 15.0 Å². The summed E-state index contributed by atoms with van der Waals surface area (Å²) < 4.78 is 0. The van der Waals surface area contributed by atoms with Crippen molar-refractivity contribution in [1.29, 1.82) is 0 Å². The third-order valence-electron chi connectivity index (χ3n) is 17.5. The maximum absolute atomic E-state index is 12.5. The molecule has 1 amide bonds. The average molecular weight is 1080 g/mol. The molecule has 0 aliphatic heterocycles. The molecule has 0 heterocycles. The van der Waals surface area contributed by atoms with Gasteiger partial charge >= 0.3 is 0 Å². The van der Waals surface area contributed by atoms with Crippen molar-refractivity contribution >= 4 is 5.91 Å². The molecule has 0 radical (unpaired) electrons. The Morgan fingerprint density at radius 2 is 0.481 bits per heavy atom. The first-order chi connectivity index (χ1) is 38.2. The van der Waals surface area contributed by atoms with Gasteiger partial charge in [-0.05, 0) is 19.3 Å². The number of hydrogen-bond acceptors (Lipinski definition) is 3. The van der Waals surface area contributed by atoms with E-state index in [0.29, 0.717) is 6.42 Å². The molecule has 0 spiro atoms. The van der Waals surface area contributed by atoms with E-state index in [4.69, 9.17) is 0 Å². The zero-order valence-corrected chi connectivity index (χ0v) is 53.3. The van der Waals surface area contributed by atoms with Crippen LogP contribution in [0.3, 0.4) is 0 Å². The number of amides is 1. The van der Waals surface area contributed by atoms with Crippen molar-refractivity contribution in [3.05, 3.63) is 12.2 Å². The van der Waals surface area contributed by atoms with Crippen LogP contribution in [0.4, 0.5) is 0 Å². The highest BCUT2D eigenvalue weighted by atomic mass is 16.3. The SMILES string of the molecule is CCCCCCCCCCCCCCCCCCCCCCCCCCCC/C=C/C(O)C(CO)NC(=O)CCCCCCCCCCCCCCCCCCCCCCCCCCCCCCCCCCCCCCC. The molecule has 0 aromatic heterocycles. The normalized spacial score (nSPS) is 12.6. The number of allylic oxidation sites excluding steroid dienone is 1. The molecule has 460 valence electrons. The predicted molar refractivity (Wildman–Crippen MR) is 346 cm³/mol. The summed E-state index contributed by atoms with van der Waals surface area (Å²) in [5, 5.41) is 23.3. The highest BCUT2D eigenvalue weighted by Crippen LogP contribution is 2.20. The molecule has 0 saturated carbocycles. The molecule has 0 aliphatic carbocycles. The minimum atomic E-state index is -0.837. The van der Waals surface area contributed by atoms with Crippen molar-refractivity contribution in [1.82, 2.24) is 5.32 Å². The van der Waals surface area contributed by atoms with Crippen molar-refractivity contribution in [2.24, 2.45) is 0 Å². The molecule has 4 heteroatoms. The summed E-state index contributed by atoms with van der Waals surface area (Å²) in [4.78, 5) is 12.5. The van der Waals surface area contributed by atoms with Crippen LogP contribution in [0.5, 0.6) is 0 Å². The van der Waals surface area contributed by atoms with Crippen LogP contribution >= 0.6 is 0 Å². The van der Waals surface area contributed by atoms with Gasteiger partial charge in [0.25, 0.3) is 0 Å². The van der Waals surface area contributed by atoms with Crippen LogP contribution in [0.15, 0.2) is 12.2 Å². The molecule has 2 unspecified atom stereocenters. The van der Waals surface area contributed by atoms with E-state index >= 15 is 0 Å². The number of hydrogen-bond donors (Lipinski definition) is 3. The van der Waals surface area contributed by atoms with Gasteiger partial charge in [-0.25, -0.2) is 0 Å². The Hall–Kier alpha value is -0.870. The van der Waals surface area contributed by atoms with E-state index in [1.807, 2.05) is 6.08 Å². The molecule has 3 N–H and O–H groups in total. The van der Waals surface area contributed by atoms with Crippen molar-refractivity contribution in [3.63, 3.8) is 0 Å². The topological polar surface area (TPSA) is 69.6 Å². The fourth-order valence-corrected chi connectivity index (χ4v) is 12.0. The predicted octanol–water partition coefficient (Wildman–Crippen LogP) is 24.8. The van der Waals surface area contributed by atoms with Crippen molar-refractivity contribution in [2.75, 3.05) is 6.61 Å². The van der Waals surface area contributed by atoms with Gasteiger partial charge in [-0.15, -0.1) is 0 Å². The summed E-state index contributed by atoms with van der Waals surface area (Å²) in [7, 11) is 0. The minimum Gasteiger partial charge on any atom is -0.394 e. The van der Waals surface area contributed by atoms with Gasteiger partial charge in [-0.1, -0.05) is 418 Å². The Morgan fingerprint density at radius 1 is 0.299 bits per heavy atom. The molecule has 2 atom stereocenters. The Kier molecular flexibility index (Phi) is 68.6. The number of aliphatic hydroxyl groups is 2. The van der Waals surface area contributed by atoms with Gasteiger partial charge in [0.15, 0.2) is 0 Å². The van der Waals surface area contributed by atoms with Gasteiger partial charge in [0.2, 0.25) is 5.91 Å². The second-order valence-corrected chi connectivity index (χ2v) is 25.4. The van der Waals surface area contributed by atoms with Crippen LogP contribution in [-0.4, -0.2) is 34.9 Å². The lowest BCUT2D eigenvalue weighted by Gasteiger charge is -2.20. The molecule has 0 aliphatic rings. The quantitative estimate of drug-likeness (QED) is 0.0420. The van der Waals surface area contributed by atoms with E-state index in [0.717, 1.165) is 25.7 Å². The van der Waals surface area contributed by atoms with Crippen molar-refractivity contribution in [3.8, 4) is 0 Å². The molecule has 77 heavy (non-hydrogen) atoms. The van der Waals surface area contributed by atoms with Gasteiger partial charge in [0.05, 0.1) is 18.8 Å². The summed E-state index contributed by atoms with van der Waals surface area (Å²) >= 11 is 0. The highest BCUT2D eigenvalue weighted by molar-refractivity contribution is 5.76. The first kappa shape index (κ1) is 76.1. The summed E-state index contributed by atoms with van der Waals surface area (Å²) in [5.74, 6) is -0.0526. The number of unbranched alkanes of at least 4 members (excludes halogenated alkanes) is 62. The Labute approximate surface area is 486 Å². The lowest BCUT2D eigenvalue weighted by molar-refractivity contribution is -0.123. The zero-order chi connectivity index (χ0) is 55.5. The maximum atomic E-state index is 12.5. The van der Waals surface area contributed by atoms with E-state index in [-0.39, 0.29) is 12.5 Å². The number of nitrogens with one attached hydrogen (secondary N) is 1. The van der Waals surface area contributed by atoms with Crippen LogP contribution in [0.2, 0.25) is 0 Å². The van der Waals surface area contributed by atoms with E-state index in [9.17, 15) is 15.0 Å². The fraction of sp³-hybridized carbons (Fsp3) is 0.959. The first-order valence-electron chi connectivity index (χ1n) is 36.4. The van der Waals surface area contributed by atoms with E-state index in [1.165, 1.54) is 385 Å². The van der Waals surface area contributed by atoms with Gasteiger partial charge in [-0.3, -0.25) is 4.79 Å². The second kappa shape index (κ2) is 69.4. The first-order valence-corrected chi connectivity index (χ1v) is 36.4. The molecule has 0 saturated heterocycles. The summed E-state index contributed by atoms with van der Waals surface area (Å²) in [6, 6.07) is -0.620. The molecule has 0 fully saturated rings. The van der Waals surface area contributed by atoms with Gasteiger partial charge in [0.1, 0.15) is 0 Å². The number of rotatable bonds is 69. The van der Waals surface area contributed by atoms with Gasteiger partial charge < -0.3 is 15.5 Å². The summed E-state index contributed by atoms with van der Waals surface area (Å²) in [6.07, 6.45) is 93.3. The average Bonchev–Trinajstić information content (AvgIpc) is 3.43. The van der Waals surface area contributed by atoms with Gasteiger partial charge in [-0.2, -0.15) is 0 Å². The Bertz CT molecular complexity index is 1090. The van der Waals surface area contributed by atoms with Gasteiger partial charge in [0, 0.05) is 6.42 Å². The number of carbonyl (C=O) groups excluding carboxylic acids is 1. The van der Waals surface area contributed by atoms with Crippen molar-refractivity contribution in [2.45, 2.75) is 443 Å². The zero-order valence-electron chi connectivity index (χ0n) is 53.3. The molecule has 0 bridgehead atoms. The highest BCUT2D eigenvalue weighted by Gasteiger charge is 2.18. The molecular weight excluding hydrogens is 939 g/mol. The third-order valence-corrected chi connectivity index (χ3v) is 17.5. The van der Waals surface area contributed by atoms with Crippen LogP contribution in [0, 0.1) is 0 Å². The maximum Gasteiger partial charge on any atom is 0.220 e. The smallest absolute Gasteiger partial charge is 0.220 e. The monoisotopic (exact) mass is 1080 g/mol. The van der Waals surface area contributed by atoms with Crippen LogP contribution in [0.1, 0.15) is 431 Å². The largest absolute Gasteiger partial charge is 0.394 e. The summed E-state index contributed by atoms with van der Waals surface area (Å²) in [6.45, 7) is 4.37. The minimum absolute atomic E-state index is 0.0526. The Morgan fingerprint density at radius 3 is 0.675 bits per heavy atom. The fourth-order valence-electron chi connectivity index (χ4n) is 12.0.